The molecular formula is C14H10BrClN2. The summed E-state index contributed by atoms with van der Waals surface area (Å²) in [5, 5.41) is 12.8. The SMILES string of the molecule is Cc1ccc(Nc2ccc(C#N)cc2Br)cc1Cl. The van der Waals surface area contributed by atoms with Gasteiger partial charge in [-0.25, -0.2) is 0 Å². The Morgan fingerprint density at radius 3 is 2.61 bits per heavy atom. The zero-order chi connectivity index (χ0) is 13.1. The number of nitriles is 1. The first-order valence-electron chi connectivity index (χ1n) is 5.33. The number of hydrogen-bond donors (Lipinski definition) is 1. The van der Waals surface area contributed by atoms with Crippen molar-refractivity contribution in [3.05, 3.63) is 57.0 Å². The minimum Gasteiger partial charge on any atom is -0.355 e. The molecule has 2 aromatic rings. The third kappa shape index (κ3) is 2.84. The maximum absolute atomic E-state index is 8.80. The Morgan fingerprint density at radius 1 is 1.22 bits per heavy atom. The van der Waals surface area contributed by atoms with Gasteiger partial charge >= 0.3 is 0 Å². The second kappa shape index (κ2) is 5.43. The van der Waals surface area contributed by atoms with Crippen molar-refractivity contribution < 1.29 is 0 Å². The molecule has 18 heavy (non-hydrogen) atoms. The van der Waals surface area contributed by atoms with Crippen molar-refractivity contribution in [3.8, 4) is 6.07 Å². The molecule has 0 spiro atoms. The molecule has 0 fully saturated rings. The first-order valence-corrected chi connectivity index (χ1v) is 6.50. The zero-order valence-electron chi connectivity index (χ0n) is 9.67. The maximum Gasteiger partial charge on any atom is 0.0992 e. The van der Waals surface area contributed by atoms with Gasteiger partial charge in [0.1, 0.15) is 0 Å². The lowest BCUT2D eigenvalue weighted by Crippen LogP contribution is -1.92. The van der Waals surface area contributed by atoms with Crippen molar-refractivity contribution in [1.82, 2.24) is 0 Å². The van der Waals surface area contributed by atoms with Crippen molar-refractivity contribution in [1.29, 1.82) is 5.26 Å². The highest BCUT2D eigenvalue weighted by Gasteiger charge is 2.03. The molecule has 0 amide bonds. The molecule has 0 unspecified atom stereocenters. The molecule has 0 saturated carbocycles. The molecule has 0 aromatic heterocycles. The summed E-state index contributed by atoms with van der Waals surface area (Å²) in [4.78, 5) is 0. The van der Waals surface area contributed by atoms with Crippen molar-refractivity contribution in [2.24, 2.45) is 0 Å². The summed E-state index contributed by atoms with van der Waals surface area (Å²) in [5.41, 5.74) is 3.47. The topological polar surface area (TPSA) is 35.8 Å². The number of nitrogens with one attached hydrogen (secondary N) is 1. The lowest BCUT2D eigenvalue weighted by molar-refractivity contribution is 1.44. The van der Waals surface area contributed by atoms with E-state index in [0.717, 1.165) is 26.4 Å². The molecule has 0 aliphatic carbocycles. The first-order chi connectivity index (χ1) is 8.60. The number of halogens is 2. The molecular weight excluding hydrogens is 312 g/mol. The Morgan fingerprint density at radius 2 is 2.00 bits per heavy atom. The van der Waals surface area contributed by atoms with E-state index in [1.165, 1.54) is 0 Å². The van der Waals surface area contributed by atoms with Crippen LogP contribution in [0.4, 0.5) is 11.4 Å². The average Bonchev–Trinajstić information content (AvgIpc) is 2.36. The fourth-order valence-electron chi connectivity index (χ4n) is 1.51. The molecule has 2 aromatic carbocycles. The zero-order valence-corrected chi connectivity index (χ0v) is 12.0. The summed E-state index contributed by atoms with van der Waals surface area (Å²) in [6.45, 7) is 1.96. The van der Waals surface area contributed by atoms with Crippen LogP contribution < -0.4 is 5.32 Å². The predicted molar refractivity (Wildman–Crippen MR) is 78.3 cm³/mol. The van der Waals surface area contributed by atoms with Gasteiger partial charge in [0.15, 0.2) is 0 Å². The van der Waals surface area contributed by atoms with Crippen LogP contribution in [0.25, 0.3) is 0 Å². The van der Waals surface area contributed by atoms with E-state index in [0.29, 0.717) is 5.56 Å². The Bertz CT molecular complexity index is 632. The highest BCUT2D eigenvalue weighted by atomic mass is 79.9. The third-order valence-electron chi connectivity index (χ3n) is 2.55. The number of anilines is 2. The van der Waals surface area contributed by atoms with E-state index in [1.807, 2.05) is 31.2 Å². The lowest BCUT2D eigenvalue weighted by Gasteiger charge is -2.10. The van der Waals surface area contributed by atoms with Crippen molar-refractivity contribution >= 4 is 38.9 Å². The second-order valence-electron chi connectivity index (χ2n) is 3.90. The van der Waals surface area contributed by atoms with Crippen LogP contribution in [0.15, 0.2) is 40.9 Å². The average molecular weight is 322 g/mol. The maximum atomic E-state index is 8.80. The van der Waals surface area contributed by atoms with Crippen LogP contribution in [0.2, 0.25) is 5.02 Å². The summed E-state index contributed by atoms with van der Waals surface area (Å²) in [6, 6.07) is 13.3. The molecule has 0 radical (unpaired) electrons. The van der Waals surface area contributed by atoms with Gasteiger partial charge in [0.2, 0.25) is 0 Å². The van der Waals surface area contributed by atoms with Gasteiger partial charge in [-0.1, -0.05) is 17.7 Å². The summed E-state index contributed by atoms with van der Waals surface area (Å²) in [5.74, 6) is 0. The first kappa shape index (κ1) is 12.9. The van der Waals surface area contributed by atoms with Crippen LogP contribution in [0.3, 0.4) is 0 Å². The number of aryl methyl sites for hydroxylation is 1. The molecule has 0 aliphatic rings. The van der Waals surface area contributed by atoms with Gasteiger partial charge in [0.05, 0.1) is 17.3 Å². The van der Waals surface area contributed by atoms with E-state index in [2.05, 4.69) is 27.3 Å². The number of hydrogen-bond acceptors (Lipinski definition) is 2. The fraction of sp³-hybridized carbons (Fsp3) is 0.0714. The van der Waals surface area contributed by atoms with Crippen LogP contribution in [0, 0.1) is 18.3 Å². The summed E-state index contributed by atoms with van der Waals surface area (Å²) in [7, 11) is 0. The molecule has 2 rings (SSSR count). The smallest absolute Gasteiger partial charge is 0.0992 e. The Kier molecular flexibility index (Phi) is 3.90. The fourth-order valence-corrected chi connectivity index (χ4v) is 2.17. The number of rotatable bonds is 2. The molecule has 0 atom stereocenters. The second-order valence-corrected chi connectivity index (χ2v) is 5.16. The van der Waals surface area contributed by atoms with Gasteiger partial charge in [0.25, 0.3) is 0 Å². The summed E-state index contributed by atoms with van der Waals surface area (Å²) < 4.78 is 0.846. The van der Waals surface area contributed by atoms with Gasteiger partial charge < -0.3 is 5.32 Å². The van der Waals surface area contributed by atoms with E-state index >= 15 is 0 Å². The van der Waals surface area contributed by atoms with E-state index in [4.69, 9.17) is 16.9 Å². The van der Waals surface area contributed by atoms with Gasteiger partial charge in [0, 0.05) is 15.2 Å². The van der Waals surface area contributed by atoms with Gasteiger partial charge in [-0.2, -0.15) is 5.26 Å². The molecule has 0 heterocycles. The molecule has 2 nitrogen and oxygen atoms in total. The molecule has 1 N–H and O–H groups in total. The van der Waals surface area contributed by atoms with E-state index in [-0.39, 0.29) is 0 Å². The van der Waals surface area contributed by atoms with Crippen LogP contribution in [-0.4, -0.2) is 0 Å². The Balaban J connectivity index is 2.29. The Hall–Kier alpha value is -1.50. The largest absolute Gasteiger partial charge is 0.355 e. The standard InChI is InChI=1S/C14H10BrClN2/c1-9-2-4-11(7-13(9)16)18-14-5-3-10(8-17)6-12(14)15/h2-7,18H,1H3. The predicted octanol–water partition coefficient (Wildman–Crippen LogP) is 5.03. The molecule has 90 valence electrons. The summed E-state index contributed by atoms with van der Waals surface area (Å²) in [6.07, 6.45) is 0. The van der Waals surface area contributed by atoms with Gasteiger partial charge in [-0.3, -0.25) is 0 Å². The van der Waals surface area contributed by atoms with Crippen molar-refractivity contribution in [2.75, 3.05) is 5.32 Å². The van der Waals surface area contributed by atoms with Crippen molar-refractivity contribution in [2.45, 2.75) is 6.92 Å². The van der Waals surface area contributed by atoms with E-state index < -0.39 is 0 Å². The van der Waals surface area contributed by atoms with Crippen LogP contribution in [-0.2, 0) is 0 Å². The van der Waals surface area contributed by atoms with Crippen LogP contribution in [0.5, 0.6) is 0 Å². The molecule has 4 heteroatoms. The van der Waals surface area contributed by atoms with Gasteiger partial charge in [-0.15, -0.1) is 0 Å². The van der Waals surface area contributed by atoms with Crippen LogP contribution >= 0.6 is 27.5 Å². The van der Waals surface area contributed by atoms with E-state index in [1.54, 1.807) is 12.1 Å². The Labute approximate surface area is 119 Å². The monoisotopic (exact) mass is 320 g/mol. The quantitative estimate of drug-likeness (QED) is 0.842. The minimum absolute atomic E-state index is 0.620. The van der Waals surface area contributed by atoms with Crippen LogP contribution in [0.1, 0.15) is 11.1 Å². The molecule has 0 bridgehead atoms. The number of nitrogens with zero attached hydrogens (tertiary/aromatic N) is 1. The highest BCUT2D eigenvalue weighted by Crippen LogP contribution is 2.28. The highest BCUT2D eigenvalue weighted by molar-refractivity contribution is 9.10. The van der Waals surface area contributed by atoms with Gasteiger partial charge in [-0.05, 0) is 58.7 Å². The normalized spacial score (nSPS) is 9.89. The lowest BCUT2D eigenvalue weighted by atomic mass is 10.2. The third-order valence-corrected chi connectivity index (χ3v) is 3.61. The molecule has 0 aliphatic heterocycles. The minimum atomic E-state index is 0.620. The van der Waals surface area contributed by atoms with E-state index in [9.17, 15) is 0 Å². The molecule has 0 saturated heterocycles. The summed E-state index contributed by atoms with van der Waals surface area (Å²) >= 11 is 9.50. The van der Waals surface area contributed by atoms with Crippen molar-refractivity contribution in [3.63, 3.8) is 0 Å². The number of benzene rings is 2.